The van der Waals surface area contributed by atoms with Gasteiger partial charge in [-0.15, -0.1) is 24.8 Å². The minimum absolute atomic E-state index is 0. The van der Waals surface area contributed by atoms with E-state index in [1.54, 1.807) is 51.1 Å². The number of benzene rings is 4. The third-order valence-electron chi connectivity index (χ3n) is 11.0. The molecule has 4 heteroatoms. The van der Waals surface area contributed by atoms with Crippen LogP contribution < -0.4 is 0 Å². The molecule has 0 bridgehead atoms. The fourth-order valence-corrected chi connectivity index (χ4v) is 36.6. The Kier molecular flexibility index (Phi) is 12.7. The molecular weight excluding hydrogens is 980 g/mol. The molecule has 0 nitrogen and oxygen atoms in total. The van der Waals surface area contributed by atoms with E-state index >= 15 is 0 Å². The van der Waals surface area contributed by atoms with Crippen LogP contribution in [0.4, 0.5) is 0 Å². The number of allylic oxidation sites excluding steroid dienone is 4. The van der Waals surface area contributed by atoms with Gasteiger partial charge in [-0.2, -0.15) is 0 Å². The quantitative estimate of drug-likeness (QED) is 0.179. The molecule has 0 N–H and O–H groups in total. The van der Waals surface area contributed by atoms with E-state index < -0.39 is 41.9 Å². The van der Waals surface area contributed by atoms with Crippen molar-refractivity contribution in [3.63, 3.8) is 0 Å². The van der Waals surface area contributed by atoms with Crippen LogP contribution in [-0.4, -0.2) is 6.51 Å². The summed E-state index contributed by atoms with van der Waals surface area (Å²) in [6.07, 6.45) is 9.75. The van der Waals surface area contributed by atoms with Gasteiger partial charge in [-0.05, 0) is 0 Å². The fraction of sp³-hybridized carbons (Fsp3) is 0.261. The monoisotopic (exact) mass is 1030 g/mol. The zero-order valence-corrected chi connectivity index (χ0v) is 39.5. The Hall–Kier alpha value is -2.10. The van der Waals surface area contributed by atoms with Gasteiger partial charge in [0.15, 0.2) is 0 Å². The van der Waals surface area contributed by atoms with Crippen molar-refractivity contribution >= 4 is 55.6 Å². The summed E-state index contributed by atoms with van der Waals surface area (Å²) in [4.78, 5) is 0. The first-order valence-corrected chi connectivity index (χ1v) is 29.5. The summed E-state index contributed by atoms with van der Waals surface area (Å²) in [5, 5.41) is 0. The summed E-state index contributed by atoms with van der Waals surface area (Å²) in [6.45, 7) is 19.1. The standard InChI is InChI=1S/4C10H9.2C3H6.2ClH.2Hf/c4*1-8-6-9-4-2-3-5-10(9)7-8;2*1-3-2;;;;/h4*2-7H,1H3;2*1-2H3;2*1H;;. The maximum Gasteiger partial charge on any atom is -0.147 e. The predicted molar refractivity (Wildman–Crippen MR) is 219 cm³/mol. The second kappa shape index (κ2) is 16.3. The molecule has 4 unspecified atom stereocenters. The first kappa shape index (κ1) is 39.1. The third-order valence-corrected chi connectivity index (χ3v) is 39.2. The molecule has 8 rings (SSSR count). The van der Waals surface area contributed by atoms with Crippen molar-refractivity contribution in [3.05, 3.63) is 164 Å². The molecule has 0 fully saturated rings. The van der Waals surface area contributed by atoms with Gasteiger partial charge in [0.2, 0.25) is 0 Å². The first-order chi connectivity index (χ1) is 23.2. The molecule has 4 aliphatic carbocycles. The molecule has 4 aliphatic rings. The van der Waals surface area contributed by atoms with Crippen LogP contribution in [0.15, 0.2) is 119 Å². The average molecular weight is 1030 g/mol. The molecule has 0 radical (unpaired) electrons. The van der Waals surface area contributed by atoms with Gasteiger partial charge in [-0.25, -0.2) is 0 Å². The molecule has 4 atom stereocenters. The molecule has 0 saturated heterocycles. The molecule has 0 spiro atoms. The number of hydrogen-bond donors (Lipinski definition) is 0. The van der Waals surface area contributed by atoms with E-state index in [1.807, 2.05) is 0 Å². The zero-order chi connectivity index (χ0) is 33.7. The van der Waals surface area contributed by atoms with Crippen LogP contribution in [0.1, 0.15) is 115 Å². The van der Waals surface area contributed by atoms with Crippen LogP contribution >= 0.6 is 24.8 Å². The van der Waals surface area contributed by atoms with Crippen LogP contribution in [0.3, 0.4) is 0 Å². The first-order valence-electron chi connectivity index (χ1n) is 17.6. The van der Waals surface area contributed by atoms with E-state index in [2.05, 4.69) is 177 Å². The summed E-state index contributed by atoms with van der Waals surface area (Å²) in [6, 6.07) is 36.2. The van der Waals surface area contributed by atoms with Gasteiger partial charge in [-0.3, -0.25) is 0 Å². The maximum absolute atomic E-state index is 2.44. The van der Waals surface area contributed by atoms with Gasteiger partial charge in [0, 0.05) is 0 Å². The predicted octanol–water partition coefficient (Wildman–Crippen LogP) is 13.1. The largest absolute Gasteiger partial charge is 0.147 e. The number of fused-ring (bicyclic) bond motifs is 4. The topological polar surface area (TPSA) is 0 Å². The van der Waals surface area contributed by atoms with Crippen LogP contribution in [0.2, 0.25) is 0 Å². The molecule has 0 saturated carbocycles. The zero-order valence-electron chi connectivity index (χ0n) is 30.7. The van der Waals surface area contributed by atoms with Crippen LogP contribution in [0.25, 0.3) is 24.3 Å². The second-order valence-corrected chi connectivity index (χ2v) is 36.7. The summed E-state index contributed by atoms with van der Waals surface area (Å²) in [7, 11) is 0. The maximum atomic E-state index is 2.44. The van der Waals surface area contributed by atoms with Gasteiger partial charge in [-0.1, -0.05) is 0 Å². The average Bonchev–Trinajstić information content (AvgIpc) is 3.78. The molecule has 0 amide bonds. The van der Waals surface area contributed by atoms with Crippen molar-refractivity contribution in [2.75, 3.05) is 0 Å². The normalized spacial score (nSPS) is 20.2. The Morgan fingerprint density at radius 2 is 0.560 bits per heavy atom. The Labute approximate surface area is 328 Å². The van der Waals surface area contributed by atoms with Gasteiger partial charge in [0.1, 0.15) is 0 Å². The van der Waals surface area contributed by atoms with E-state index in [-0.39, 0.29) is 24.8 Å². The number of rotatable bonds is 4. The molecule has 0 aliphatic heterocycles. The van der Waals surface area contributed by atoms with Crippen molar-refractivity contribution in [2.24, 2.45) is 0 Å². The Bertz CT molecular complexity index is 1840. The van der Waals surface area contributed by atoms with E-state index in [9.17, 15) is 0 Å². The smallest absolute Gasteiger partial charge is 0.147 e. The molecule has 50 heavy (non-hydrogen) atoms. The van der Waals surface area contributed by atoms with Crippen molar-refractivity contribution in [3.8, 4) is 0 Å². The minimum atomic E-state index is -2.15. The van der Waals surface area contributed by atoms with E-state index in [4.69, 9.17) is 0 Å². The second-order valence-electron chi connectivity index (χ2n) is 14.7. The molecule has 4 aromatic carbocycles. The summed E-state index contributed by atoms with van der Waals surface area (Å²) >= 11 is -4.30. The summed E-state index contributed by atoms with van der Waals surface area (Å²) < 4.78 is 6.30. The van der Waals surface area contributed by atoms with Crippen molar-refractivity contribution in [2.45, 2.75) is 70.1 Å². The Morgan fingerprint density at radius 1 is 0.360 bits per heavy atom. The molecule has 4 aromatic rings. The molecule has 256 valence electrons. The SMILES string of the molecule is CC1=Cc2ccccc2[CH]1[Hf](=[C](C)C)[CH]1C(C)=Cc2ccccc21.CC1=Cc2ccccc2[CH]1[Hf](=[C](C)C)[CH]1C(C)=Cc2ccccc21.Cl.Cl. The van der Waals surface area contributed by atoms with Gasteiger partial charge in [0.25, 0.3) is 0 Å². The Morgan fingerprint density at radius 3 is 0.760 bits per heavy atom. The Balaban J connectivity index is 0.000000187. The van der Waals surface area contributed by atoms with Crippen LogP contribution in [0, 0.1) is 0 Å². The van der Waals surface area contributed by atoms with Gasteiger partial charge in [0.05, 0.1) is 0 Å². The van der Waals surface area contributed by atoms with Crippen molar-refractivity contribution < 1.29 is 41.9 Å². The minimum Gasteiger partial charge on any atom is -0.147 e. The molecular formula is C46H50Cl2Hf2. The van der Waals surface area contributed by atoms with Crippen LogP contribution in [-0.2, 0) is 41.9 Å². The number of hydrogen-bond acceptors (Lipinski definition) is 0. The van der Waals surface area contributed by atoms with E-state index in [1.165, 1.54) is 22.3 Å². The van der Waals surface area contributed by atoms with E-state index in [0.717, 1.165) is 0 Å². The van der Waals surface area contributed by atoms with Crippen molar-refractivity contribution in [1.82, 2.24) is 0 Å². The summed E-state index contributed by atoms with van der Waals surface area (Å²) in [5.41, 5.74) is 18.6. The summed E-state index contributed by atoms with van der Waals surface area (Å²) in [5.74, 6) is 0. The van der Waals surface area contributed by atoms with E-state index in [0.29, 0.717) is 14.7 Å². The number of halogens is 2. The van der Waals surface area contributed by atoms with Gasteiger partial charge >= 0.3 is 307 Å². The van der Waals surface area contributed by atoms with Gasteiger partial charge < -0.3 is 0 Å². The van der Waals surface area contributed by atoms with Crippen molar-refractivity contribution in [1.29, 1.82) is 0 Å². The molecule has 0 aromatic heterocycles. The fourth-order valence-electron chi connectivity index (χ4n) is 9.06. The third kappa shape index (κ3) is 7.13. The molecule has 0 heterocycles. The van der Waals surface area contributed by atoms with Crippen LogP contribution in [0.5, 0.6) is 0 Å².